The fourth-order valence-electron chi connectivity index (χ4n) is 3.56. The van der Waals surface area contributed by atoms with Crippen LogP contribution in [0.25, 0.3) is 21.3 Å². The number of thiazole rings is 1. The van der Waals surface area contributed by atoms with E-state index in [4.69, 9.17) is 4.98 Å². The van der Waals surface area contributed by atoms with Gasteiger partial charge in [-0.15, -0.1) is 11.3 Å². The monoisotopic (exact) mass is 410 g/mol. The van der Waals surface area contributed by atoms with E-state index in [0.717, 1.165) is 26.4 Å². The van der Waals surface area contributed by atoms with Crippen molar-refractivity contribution in [1.29, 1.82) is 0 Å². The first-order valence-corrected chi connectivity index (χ1v) is 9.81. The molecule has 148 valence electrons. The van der Waals surface area contributed by atoms with Gasteiger partial charge in [-0.25, -0.2) is 9.67 Å². The van der Waals surface area contributed by atoms with Crippen molar-refractivity contribution >= 4 is 32.6 Å². The molecule has 2 N–H and O–H groups in total. The Morgan fingerprint density at radius 1 is 1.31 bits per heavy atom. The second-order valence-electron chi connectivity index (χ2n) is 6.88. The van der Waals surface area contributed by atoms with Gasteiger partial charge in [-0.2, -0.15) is 15.3 Å². The highest BCUT2D eigenvalue weighted by Crippen LogP contribution is 2.31. The number of hydrogen-bond donors (Lipinski definition) is 2. The molecule has 0 aliphatic rings. The van der Waals surface area contributed by atoms with Gasteiger partial charge in [0.1, 0.15) is 10.5 Å². The Kier molecular flexibility index (Phi) is 4.07. The molecule has 29 heavy (non-hydrogen) atoms. The lowest BCUT2D eigenvalue weighted by atomic mass is 10.2. The van der Waals surface area contributed by atoms with Gasteiger partial charge in [-0.05, 0) is 6.07 Å². The maximum Gasteiger partial charge on any atom is 0.291 e. The number of nitrogens with one attached hydrogen (secondary N) is 1. The van der Waals surface area contributed by atoms with E-state index in [9.17, 15) is 9.90 Å². The molecule has 0 spiro atoms. The lowest BCUT2D eigenvalue weighted by Crippen LogP contribution is -2.25. The topological polar surface area (TPSA) is 119 Å². The van der Waals surface area contributed by atoms with E-state index in [1.54, 1.807) is 41.7 Å². The Balaban J connectivity index is 1.58. The van der Waals surface area contributed by atoms with E-state index in [1.165, 1.54) is 4.68 Å². The van der Waals surface area contributed by atoms with E-state index in [2.05, 4.69) is 20.4 Å². The van der Waals surface area contributed by atoms with Crippen molar-refractivity contribution in [3.63, 3.8) is 0 Å². The first kappa shape index (κ1) is 17.8. The molecule has 10 nitrogen and oxygen atoms in total. The van der Waals surface area contributed by atoms with Crippen molar-refractivity contribution in [3.05, 3.63) is 57.0 Å². The first-order valence-electron chi connectivity index (χ1n) is 8.99. The average Bonchev–Trinajstić information content (AvgIpc) is 3.46. The van der Waals surface area contributed by atoms with Crippen LogP contribution in [0.4, 0.5) is 0 Å². The second-order valence-corrected chi connectivity index (χ2v) is 7.96. The van der Waals surface area contributed by atoms with Gasteiger partial charge in [-0.3, -0.25) is 14.6 Å². The molecule has 0 amide bonds. The smallest absolute Gasteiger partial charge is 0.291 e. The van der Waals surface area contributed by atoms with Crippen LogP contribution in [0, 0.1) is 0 Å². The number of H-pyrrole nitrogens is 1. The van der Waals surface area contributed by atoms with Gasteiger partial charge >= 0.3 is 0 Å². The van der Waals surface area contributed by atoms with E-state index >= 15 is 0 Å². The second kappa shape index (κ2) is 6.64. The molecule has 0 atom stereocenters. The van der Waals surface area contributed by atoms with Crippen LogP contribution in [0.15, 0.2) is 29.5 Å². The molecule has 5 heterocycles. The third-order valence-corrected chi connectivity index (χ3v) is 6.01. The Bertz CT molecular complexity index is 1390. The van der Waals surface area contributed by atoms with Gasteiger partial charge < -0.3 is 9.67 Å². The number of fused-ring (bicyclic) bond motifs is 3. The van der Waals surface area contributed by atoms with Crippen molar-refractivity contribution in [3.8, 4) is 0 Å². The molecule has 5 aromatic rings. The largest absolute Gasteiger partial charge is 0.392 e. The summed E-state index contributed by atoms with van der Waals surface area (Å²) in [5.74, 6) is 0. The van der Waals surface area contributed by atoms with Crippen LogP contribution in [0.2, 0.25) is 0 Å². The maximum absolute atomic E-state index is 13.1. The Morgan fingerprint density at radius 3 is 2.93 bits per heavy atom. The van der Waals surface area contributed by atoms with Crippen LogP contribution in [0.1, 0.15) is 22.0 Å². The first-order chi connectivity index (χ1) is 14.0. The predicted molar refractivity (Wildman–Crippen MR) is 108 cm³/mol. The molecule has 0 fully saturated rings. The number of aromatic amines is 1. The number of aryl methyl sites for hydroxylation is 2. The Hall–Kier alpha value is -3.31. The molecule has 0 aromatic carbocycles. The zero-order valence-corrected chi connectivity index (χ0v) is 16.6. The van der Waals surface area contributed by atoms with Gasteiger partial charge in [0.15, 0.2) is 5.65 Å². The summed E-state index contributed by atoms with van der Waals surface area (Å²) < 4.78 is 5.76. The molecular weight excluding hydrogens is 392 g/mol. The van der Waals surface area contributed by atoms with Crippen LogP contribution in [-0.4, -0.2) is 44.4 Å². The minimum atomic E-state index is -0.208. The van der Waals surface area contributed by atoms with Gasteiger partial charge in [0.25, 0.3) is 5.56 Å². The number of aliphatic hydroxyl groups is 1. The summed E-state index contributed by atoms with van der Waals surface area (Å²) in [6.45, 7) is 0.0614. The van der Waals surface area contributed by atoms with E-state index < -0.39 is 0 Å². The number of hydrogen-bond acceptors (Lipinski definition) is 7. The number of aromatic nitrogens is 8. The Labute approximate surface area is 168 Å². The molecule has 0 radical (unpaired) electrons. The molecule has 0 aliphatic heterocycles. The lowest BCUT2D eigenvalue weighted by molar-refractivity contribution is 0.280. The fraction of sp³-hybridized carbons (Fsp3) is 0.278. The molecule has 0 bridgehead atoms. The van der Waals surface area contributed by atoms with Gasteiger partial charge in [0.05, 0.1) is 29.7 Å². The van der Waals surface area contributed by atoms with Crippen molar-refractivity contribution < 1.29 is 5.11 Å². The minimum absolute atomic E-state index is 0.136. The van der Waals surface area contributed by atoms with Gasteiger partial charge in [-0.1, -0.05) is 0 Å². The molecule has 5 aromatic heterocycles. The highest BCUT2D eigenvalue weighted by atomic mass is 32.1. The highest BCUT2D eigenvalue weighted by Gasteiger charge is 2.19. The third-order valence-electron chi connectivity index (χ3n) is 4.93. The number of rotatable bonds is 5. The summed E-state index contributed by atoms with van der Waals surface area (Å²) in [5, 5.41) is 26.8. The molecule has 11 heteroatoms. The lowest BCUT2D eigenvalue weighted by Gasteiger charge is -2.05. The molecule has 0 saturated heterocycles. The molecular formula is C18H18N8O2S. The van der Waals surface area contributed by atoms with Crippen molar-refractivity contribution in [2.24, 2.45) is 14.1 Å². The van der Waals surface area contributed by atoms with Crippen molar-refractivity contribution in [1.82, 2.24) is 39.3 Å². The van der Waals surface area contributed by atoms with Crippen molar-refractivity contribution in [2.45, 2.75) is 19.6 Å². The van der Waals surface area contributed by atoms with Crippen LogP contribution in [0.5, 0.6) is 0 Å². The van der Waals surface area contributed by atoms with Crippen LogP contribution >= 0.6 is 11.3 Å². The summed E-state index contributed by atoms with van der Waals surface area (Å²) in [6, 6.07) is 1.92. The quantitative estimate of drug-likeness (QED) is 0.445. The number of aliphatic hydroxyl groups excluding tert-OH is 1. The SMILES string of the molecule is Cn1cc(CO)c(Cn2ncc3c4sc(Cc5ccn[nH]5)nc4n(C)c3c2=O)n1. The van der Waals surface area contributed by atoms with Crippen molar-refractivity contribution in [2.75, 3.05) is 0 Å². The maximum atomic E-state index is 13.1. The molecule has 5 rings (SSSR count). The molecule has 0 aliphatic carbocycles. The zero-order chi connectivity index (χ0) is 20.1. The Morgan fingerprint density at radius 2 is 2.17 bits per heavy atom. The van der Waals surface area contributed by atoms with E-state index in [0.29, 0.717) is 23.2 Å². The highest BCUT2D eigenvalue weighted by molar-refractivity contribution is 7.19. The predicted octanol–water partition coefficient (Wildman–Crippen LogP) is 0.933. The summed E-state index contributed by atoms with van der Waals surface area (Å²) in [6.07, 6.45) is 5.82. The summed E-state index contributed by atoms with van der Waals surface area (Å²) in [7, 11) is 3.62. The van der Waals surface area contributed by atoms with Gasteiger partial charge in [0, 0.05) is 49.6 Å². The number of nitrogens with zero attached hydrogens (tertiary/aromatic N) is 7. The zero-order valence-electron chi connectivity index (χ0n) is 15.8. The normalized spacial score (nSPS) is 11.8. The summed E-state index contributed by atoms with van der Waals surface area (Å²) >= 11 is 1.56. The standard InChI is InChI=1S/C18H18N8O2S/c1-24-7-10(9-27)13(23-24)8-26-18(28)15-12(6-20-26)16-17(25(15)2)21-14(29-16)5-11-3-4-19-22-11/h3-4,6-7,27H,5,8-9H2,1-2H3,(H,19,22). The van der Waals surface area contributed by atoms with Crippen LogP contribution < -0.4 is 5.56 Å². The van der Waals surface area contributed by atoms with E-state index in [-0.39, 0.29) is 18.7 Å². The van der Waals surface area contributed by atoms with Gasteiger partial charge in [0.2, 0.25) is 0 Å². The van der Waals surface area contributed by atoms with Crippen LogP contribution in [0.3, 0.4) is 0 Å². The fourth-order valence-corrected chi connectivity index (χ4v) is 4.69. The summed E-state index contributed by atoms with van der Waals surface area (Å²) in [4.78, 5) is 17.8. The minimum Gasteiger partial charge on any atom is -0.392 e. The molecule has 0 saturated carbocycles. The molecule has 0 unspecified atom stereocenters. The summed E-state index contributed by atoms with van der Waals surface area (Å²) in [5.41, 5.74) is 3.41. The van der Waals surface area contributed by atoms with E-state index in [1.807, 2.05) is 17.7 Å². The third kappa shape index (κ3) is 2.86. The van der Waals surface area contributed by atoms with Crippen LogP contribution in [-0.2, 0) is 33.7 Å². The average molecular weight is 410 g/mol.